The van der Waals surface area contributed by atoms with E-state index in [0.29, 0.717) is 5.92 Å². The molecule has 2 unspecified atom stereocenters. The van der Waals surface area contributed by atoms with Gasteiger partial charge < -0.3 is 5.73 Å². The lowest BCUT2D eigenvalue weighted by Crippen LogP contribution is -2.24. The number of nitrogens with zero attached hydrogens (tertiary/aromatic N) is 2. The first-order valence-corrected chi connectivity index (χ1v) is 7.41. The van der Waals surface area contributed by atoms with E-state index < -0.39 is 0 Å². The van der Waals surface area contributed by atoms with E-state index in [2.05, 4.69) is 41.8 Å². The summed E-state index contributed by atoms with van der Waals surface area (Å²) in [5.74, 6) is 0.549. The van der Waals surface area contributed by atoms with E-state index in [1.54, 1.807) is 0 Å². The second-order valence-electron chi connectivity index (χ2n) is 4.53. The van der Waals surface area contributed by atoms with Gasteiger partial charge in [0.25, 0.3) is 0 Å². The largest absolute Gasteiger partial charge is 0.322 e. The predicted molar refractivity (Wildman–Crippen MR) is 75.8 cm³/mol. The molecule has 4 heteroatoms. The Hall–Kier alpha value is -0.350. The van der Waals surface area contributed by atoms with E-state index in [9.17, 15) is 0 Å². The zero-order valence-electron chi connectivity index (χ0n) is 11.1. The van der Waals surface area contributed by atoms with Gasteiger partial charge in [0.15, 0.2) is 0 Å². The fraction of sp³-hybridized carbons (Fsp3) is 0.769. The van der Waals surface area contributed by atoms with Crippen molar-refractivity contribution >= 4 is 15.9 Å². The van der Waals surface area contributed by atoms with Gasteiger partial charge in [-0.05, 0) is 35.2 Å². The van der Waals surface area contributed by atoms with Gasteiger partial charge >= 0.3 is 0 Å². The third-order valence-electron chi connectivity index (χ3n) is 3.41. The van der Waals surface area contributed by atoms with E-state index in [4.69, 9.17) is 5.73 Å². The molecule has 0 amide bonds. The van der Waals surface area contributed by atoms with Gasteiger partial charge in [0.2, 0.25) is 0 Å². The molecule has 0 spiro atoms. The predicted octanol–water partition coefficient (Wildman–Crippen LogP) is 3.88. The van der Waals surface area contributed by atoms with E-state index in [1.165, 1.54) is 19.3 Å². The maximum Gasteiger partial charge on any atom is 0.0696 e. The molecule has 0 saturated heterocycles. The third kappa shape index (κ3) is 3.55. The van der Waals surface area contributed by atoms with Crippen LogP contribution in [0.5, 0.6) is 0 Å². The zero-order chi connectivity index (χ0) is 12.8. The number of hydrogen-bond acceptors (Lipinski definition) is 2. The Labute approximate surface area is 113 Å². The van der Waals surface area contributed by atoms with Crippen LogP contribution in [0, 0.1) is 5.92 Å². The van der Waals surface area contributed by atoms with Crippen molar-refractivity contribution in [1.82, 2.24) is 9.78 Å². The van der Waals surface area contributed by atoms with Crippen molar-refractivity contribution in [2.45, 2.75) is 59.0 Å². The highest BCUT2D eigenvalue weighted by atomic mass is 79.9. The maximum absolute atomic E-state index is 6.42. The van der Waals surface area contributed by atoms with Crippen LogP contribution in [0.1, 0.15) is 58.2 Å². The molecule has 0 aliphatic rings. The van der Waals surface area contributed by atoms with Gasteiger partial charge in [-0.3, -0.25) is 4.68 Å². The Bertz CT molecular complexity index is 335. The van der Waals surface area contributed by atoms with Gasteiger partial charge in [0.05, 0.1) is 22.4 Å². The molecule has 1 heterocycles. The first kappa shape index (κ1) is 14.7. The van der Waals surface area contributed by atoms with Crippen LogP contribution in [0.25, 0.3) is 0 Å². The summed E-state index contributed by atoms with van der Waals surface area (Å²) < 4.78 is 3.05. The summed E-state index contributed by atoms with van der Waals surface area (Å²) >= 11 is 3.56. The molecule has 1 aromatic heterocycles. The molecule has 0 aliphatic carbocycles. The number of nitrogens with two attached hydrogens (primary N) is 1. The van der Waals surface area contributed by atoms with Crippen LogP contribution in [0.15, 0.2) is 10.7 Å². The lowest BCUT2D eigenvalue weighted by molar-refractivity contribution is 0.360. The number of hydrogen-bond donors (Lipinski definition) is 1. The summed E-state index contributed by atoms with van der Waals surface area (Å²) in [5, 5.41) is 4.34. The highest BCUT2D eigenvalue weighted by molar-refractivity contribution is 9.10. The average molecular weight is 302 g/mol. The Balaban J connectivity index is 2.84. The third-order valence-corrected chi connectivity index (χ3v) is 4.02. The topological polar surface area (TPSA) is 43.8 Å². The van der Waals surface area contributed by atoms with Crippen LogP contribution in [0.3, 0.4) is 0 Å². The summed E-state index contributed by atoms with van der Waals surface area (Å²) in [7, 11) is 0. The average Bonchev–Trinajstić information content (AvgIpc) is 2.71. The Morgan fingerprint density at radius 2 is 2.12 bits per heavy atom. The molecule has 0 aromatic carbocycles. The quantitative estimate of drug-likeness (QED) is 0.830. The minimum atomic E-state index is 0.0865. The molecule has 0 bridgehead atoms. The van der Waals surface area contributed by atoms with Crippen molar-refractivity contribution in [2.24, 2.45) is 11.7 Å². The summed E-state index contributed by atoms with van der Waals surface area (Å²) in [6, 6.07) is 0.0865. The van der Waals surface area contributed by atoms with E-state index in [1.807, 2.05) is 10.9 Å². The molecule has 98 valence electrons. The van der Waals surface area contributed by atoms with Gasteiger partial charge in [-0.2, -0.15) is 5.10 Å². The van der Waals surface area contributed by atoms with Crippen molar-refractivity contribution in [3.8, 4) is 0 Å². The van der Waals surface area contributed by atoms with E-state index >= 15 is 0 Å². The summed E-state index contributed by atoms with van der Waals surface area (Å²) in [4.78, 5) is 0. The molecule has 0 radical (unpaired) electrons. The highest BCUT2D eigenvalue weighted by Gasteiger charge is 2.23. The molecule has 1 aromatic rings. The van der Waals surface area contributed by atoms with Crippen molar-refractivity contribution in [2.75, 3.05) is 0 Å². The first-order chi connectivity index (χ1) is 8.15. The van der Waals surface area contributed by atoms with Crippen molar-refractivity contribution < 1.29 is 0 Å². The fourth-order valence-electron chi connectivity index (χ4n) is 2.28. The number of aryl methyl sites for hydroxylation is 1. The van der Waals surface area contributed by atoms with Crippen LogP contribution < -0.4 is 5.73 Å². The van der Waals surface area contributed by atoms with Gasteiger partial charge in [0, 0.05) is 6.54 Å². The number of unbranched alkanes of at least 4 members (excludes halogenated alkanes) is 1. The lowest BCUT2D eigenvalue weighted by atomic mass is 9.90. The second-order valence-corrected chi connectivity index (χ2v) is 5.38. The molecule has 0 aliphatic heterocycles. The number of rotatable bonds is 7. The van der Waals surface area contributed by atoms with E-state index in [-0.39, 0.29) is 6.04 Å². The molecule has 3 nitrogen and oxygen atoms in total. The number of halogens is 1. The van der Waals surface area contributed by atoms with Crippen LogP contribution in [-0.4, -0.2) is 9.78 Å². The summed E-state index contributed by atoms with van der Waals surface area (Å²) in [6.45, 7) is 7.42. The minimum absolute atomic E-state index is 0.0865. The first-order valence-electron chi connectivity index (χ1n) is 6.62. The van der Waals surface area contributed by atoms with Crippen LogP contribution >= 0.6 is 15.9 Å². The van der Waals surface area contributed by atoms with Crippen LogP contribution in [-0.2, 0) is 6.54 Å². The maximum atomic E-state index is 6.42. The van der Waals surface area contributed by atoms with Gasteiger partial charge in [-0.25, -0.2) is 0 Å². The Morgan fingerprint density at radius 3 is 2.65 bits per heavy atom. The van der Waals surface area contributed by atoms with Gasteiger partial charge in [-0.1, -0.05) is 33.1 Å². The Morgan fingerprint density at radius 1 is 1.41 bits per heavy atom. The standard InChI is InChI=1S/C13H24BrN3/c1-4-7-8-10(5-2)12(15)13-11(14)9-16-17(13)6-3/h9-10,12H,4-8,15H2,1-3H3. The smallest absolute Gasteiger partial charge is 0.0696 e. The molecular weight excluding hydrogens is 278 g/mol. The van der Waals surface area contributed by atoms with Crippen LogP contribution in [0.4, 0.5) is 0 Å². The molecule has 2 atom stereocenters. The number of aromatic nitrogens is 2. The molecule has 0 fully saturated rings. The SMILES string of the molecule is CCCCC(CC)C(N)c1c(Br)cnn1CC. The normalized spacial score (nSPS) is 14.9. The second kappa shape index (κ2) is 7.17. The molecule has 0 saturated carbocycles. The van der Waals surface area contributed by atoms with Crippen molar-refractivity contribution in [1.29, 1.82) is 0 Å². The molecule has 1 rings (SSSR count). The Kier molecular flexibility index (Phi) is 6.20. The molecule has 17 heavy (non-hydrogen) atoms. The van der Waals surface area contributed by atoms with E-state index in [0.717, 1.165) is 23.1 Å². The van der Waals surface area contributed by atoms with Gasteiger partial charge in [0.1, 0.15) is 0 Å². The molecular formula is C13H24BrN3. The minimum Gasteiger partial charge on any atom is -0.322 e. The van der Waals surface area contributed by atoms with Gasteiger partial charge in [-0.15, -0.1) is 0 Å². The monoisotopic (exact) mass is 301 g/mol. The fourth-order valence-corrected chi connectivity index (χ4v) is 2.84. The highest BCUT2D eigenvalue weighted by Crippen LogP contribution is 2.31. The summed E-state index contributed by atoms with van der Waals surface area (Å²) in [5.41, 5.74) is 7.57. The van der Waals surface area contributed by atoms with Crippen molar-refractivity contribution in [3.63, 3.8) is 0 Å². The lowest BCUT2D eigenvalue weighted by Gasteiger charge is -2.23. The summed E-state index contributed by atoms with van der Waals surface area (Å²) in [6.07, 6.45) is 6.67. The molecule has 2 N–H and O–H groups in total. The zero-order valence-corrected chi connectivity index (χ0v) is 12.7. The van der Waals surface area contributed by atoms with Crippen molar-refractivity contribution in [3.05, 3.63) is 16.4 Å². The van der Waals surface area contributed by atoms with Crippen LogP contribution in [0.2, 0.25) is 0 Å².